The second-order valence-electron chi connectivity index (χ2n) is 8.34. The fraction of sp³-hybridized carbons (Fsp3) is 0.222. The SMILES string of the molecule is COc1ccc2[nH]c3c(c2c1)CCN(C(=O)CSCc1ccc(F)cc1)[C@H]3c1ccc(F)cc1. The topological polar surface area (TPSA) is 45.3 Å². The summed E-state index contributed by atoms with van der Waals surface area (Å²) in [5, 5.41) is 1.08. The maximum Gasteiger partial charge on any atom is 0.233 e. The molecule has 7 heteroatoms. The van der Waals surface area contributed by atoms with Crippen molar-refractivity contribution in [1.82, 2.24) is 9.88 Å². The van der Waals surface area contributed by atoms with Crippen molar-refractivity contribution in [3.05, 3.63) is 101 Å². The predicted molar refractivity (Wildman–Crippen MR) is 131 cm³/mol. The van der Waals surface area contributed by atoms with Crippen LogP contribution >= 0.6 is 11.8 Å². The van der Waals surface area contributed by atoms with Crippen molar-refractivity contribution < 1.29 is 18.3 Å². The van der Waals surface area contributed by atoms with Gasteiger partial charge in [-0.05, 0) is 65.6 Å². The quantitative estimate of drug-likeness (QED) is 0.377. The monoisotopic (exact) mass is 478 g/mol. The standard InChI is InChI=1S/C27H24F2N2O2S/c1-33-21-10-11-24-23(14-21)22-12-13-31(25(32)16-34-15-17-2-6-19(28)7-3-17)27(26(22)30-24)18-4-8-20(29)9-5-18/h2-11,14,27,30H,12-13,15-16H2,1H3/t27-/m0/s1. The Labute approximate surface area is 200 Å². The van der Waals surface area contributed by atoms with Gasteiger partial charge in [0.1, 0.15) is 17.4 Å². The molecule has 0 saturated heterocycles. The molecule has 34 heavy (non-hydrogen) atoms. The molecule has 0 fully saturated rings. The summed E-state index contributed by atoms with van der Waals surface area (Å²) >= 11 is 1.50. The zero-order valence-electron chi connectivity index (χ0n) is 18.7. The molecule has 0 saturated carbocycles. The molecule has 1 N–H and O–H groups in total. The molecule has 0 radical (unpaired) electrons. The Hall–Kier alpha value is -3.32. The third-order valence-corrected chi connectivity index (χ3v) is 7.24. The summed E-state index contributed by atoms with van der Waals surface area (Å²) in [6.07, 6.45) is 0.717. The molecular weight excluding hydrogens is 454 g/mol. The smallest absolute Gasteiger partial charge is 0.233 e. The predicted octanol–water partition coefficient (Wildman–Crippen LogP) is 5.86. The zero-order chi connectivity index (χ0) is 23.7. The Morgan fingerprint density at radius 1 is 1.06 bits per heavy atom. The highest BCUT2D eigenvalue weighted by Gasteiger charge is 2.34. The van der Waals surface area contributed by atoms with Gasteiger partial charge in [-0.25, -0.2) is 8.78 Å². The number of fused-ring (bicyclic) bond motifs is 3. The molecule has 4 nitrogen and oxygen atoms in total. The summed E-state index contributed by atoms with van der Waals surface area (Å²) < 4.78 is 32.2. The third kappa shape index (κ3) is 4.40. The maximum absolute atomic E-state index is 13.7. The number of H-pyrrole nitrogens is 1. The number of halogens is 2. The van der Waals surface area contributed by atoms with Gasteiger partial charge in [0, 0.05) is 28.9 Å². The summed E-state index contributed by atoms with van der Waals surface area (Å²) in [4.78, 5) is 18.7. The highest BCUT2D eigenvalue weighted by Crippen LogP contribution is 2.39. The number of thioether (sulfide) groups is 1. The van der Waals surface area contributed by atoms with E-state index in [2.05, 4.69) is 4.98 Å². The highest BCUT2D eigenvalue weighted by molar-refractivity contribution is 7.99. The van der Waals surface area contributed by atoms with Crippen molar-refractivity contribution >= 4 is 28.6 Å². The number of rotatable bonds is 6. The fourth-order valence-corrected chi connectivity index (χ4v) is 5.45. The van der Waals surface area contributed by atoms with Gasteiger partial charge in [0.15, 0.2) is 0 Å². The number of carbonyl (C=O) groups excluding carboxylic acids is 1. The van der Waals surface area contributed by atoms with Gasteiger partial charge in [-0.2, -0.15) is 0 Å². The molecule has 0 spiro atoms. The fourth-order valence-electron chi connectivity index (χ4n) is 4.57. The van der Waals surface area contributed by atoms with Gasteiger partial charge in [0.2, 0.25) is 5.91 Å². The van der Waals surface area contributed by atoms with Crippen LogP contribution in [0.2, 0.25) is 0 Å². The summed E-state index contributed by atoms with van der Waals surface area (Å²) in [5.41, 5.74) is 4.93. The minimum Gasteiger partial charge on any atom is -0.497 e. The Morgan fingerprint density at radius 3 is 2.47 bits per heavy atom. The average Bonchev–Trinajstić information content (AvgIpc) is 3.23. The van der Waals surface area contributed by atoms with E-state index in [9.17, 15) is 13.6 Å². The number of nitrogens with one attached hydrogen (secondary N) is 1. The van der Waals surface area contributed by atoms with Crippen LogP contribution in [0.25, 0.3) is 10.9 Å². The number of hydrogen-bond donors (Lipinski definition) is 1. The second-order valence-corrected chi connectivity index (χ2v) is 9.32. The van der Waals surface area contributed by atoms with E-state index < -0.39 is 0 Å². The molecule has 0 bridgehead atoms. The Kier molecular flexibility index (Phi) is 6.28. The van der Waals surface area contributed by atoms with E-state index in [-0.39, 0.29) is 23.6 Å². The molecule has 3 aromatic carbocycles. The summed E-state index contributed by atoms with van der Waals surface area (Å²) in [6, 6.07) is 18.3. The van der Waals surface area contributed by atoms with Crippen LogP contribution in [0.5, 0.6) is 5.75 Å². The Morgan fingerprint density at radius 2 is 1.76 bits per heavy atom. The van der Waals surface area contributed by atoms with Crippen molar-refractivity contribution in [3.8, 4) is 5.75 Å². The average molecular weight is 479 g/mol. The number of hydrogen-bond acceptors (Lipinski definition) is 3. The Bertz CT molecular complexity index is 1320. The first kappa shape index (κ1) is 22.5. The summed E-state index contributed by atoms with van der Waals surface area (Å²) in [7, 11) is 1.64. The van der Waals surface area contributed by atoms with E-state index in [1.807, 2.05) is 23.1 Å². The van der Waals surface area contributed by atoms with Crippen molar-refractivity contribution in [2.75, 3.05) is 19.4 Å². The first-order chi connectivity index (χ1) is 16.5. The highest BCUT2D eigenvalue weighted by atomic mass is 32.2. The van der Waals surface area contributed by atoms with Gasteiger partial charge in [0.25, 0.3) is 0 Å². The number of ether oxygens (including phenoxy) is 1. The van der Waals surface area contributed by atoms with Gasteiger partial charge in [-0.1, -0.05) is 24.3 Å². The molecule has 1 aromatic heterocycles. The van der Waals surface area contributed by atoms with Crippen molar-refractivity contribution in [3.63, 3.8) is 0 Å². The molecule has 1 aliphatic rings. The van der Waals surface area contributed by atoms with Crippen LogP contribution < -0.4 is 4.74 Å². The number of nitrogens with zero attached hydrogens (tertiary/aromatic N) is 1. The van der Waals surface area contributed by atoms with Gasteiger partial charge in [0.05, 0.1) is 18.9 Å². The minimum absolute atomic E-state index is 0.0170. The second kappa shape index (κ2) is 9.50. The van der Waals surface area contributed by atoms with Crippen LogP contribution in [-0.4, -0.2) is 35.2 Å². The number of aromatic amines is 1. The van der Waals surface area contributed by atoms with E-state index >= 15 is 0 Å². The number of aromatic nitrogens is 1. The Balaban J connectivity index is 1.44. The molecule has 1 amide bonds. The molecule has 174 valence electrons. The molecule has 1 atom stereocenters. The lowest BCUT2D eigenvalue weighted by molar-refractivity contribution is -0.130. The summed E-state index contributed by atoms with van der Waals surface area (Å²) in [6.45, 7) is 0.565. The van der Waals surface area contributed by atoms with E-state index in [1.54, 1.807) is 31.4 Å². The van der Waals surface area contributed by atoms with Gasteiger partial charge >= 0.3 is 0 Å². The van der Waals surface area contributed by atoms with Gasteiger partial charge < -0.3 is 14.6 Å². The van der Waals surface area contributed by atoms with Crippen molar-refractivity contribution in [2.24, 2.45) is 0 Å². The van der Waals surface area contributed by atoms with Crippen LogP contribution in [0.4, 0.5) is 8.78 Å². The number of methoxy groups -OCH3 is 1. The molecule has 1 aliphatic heterocycles. The van der Waals surface area contributed by atoms with Crippen LogP contribution in [0.15, 0.2) is 66.7 Å². The van der Waals surface area contributed by atoms with Gasteiger partial charge in [-0.15, -0.1) is 11.8 Å². The van der Waals surface area contributed by atoms with Crippen LogP contribution in [0, 0.1) is 11.6 Å². The van der Waals surface area contributed by atoms with Gasteiger partial charge in [-0.3, -0.25) is 4.79 Å². The van der Waals surface area contributed by atoms with Crippen molar-refractivity contribution in [2.45, 2.75) is 18.2 Å². The van der Waals surface area contributed by atoms with E-state index in [0.29, 0.717) is 24.5 Å². The van der Waals surface area contributed by atoms with Crippen LogP contribution in [0.1, 0.15) is 28.4 Å². The number of benzene rings is 3. The largest absolute Gasteiger partial charge is 0.497 e. The first-order valence-electron chi connectivity index (χ1n) is 11.1. The van der Waals surface area contributed by atoms with Crippen LogP contribution in [0.3, 0.4) is 0 Å². The molecule has 2 heterocycles. The first-order valence-corrected chi connectivity index (χ1v) is 12.2. The maximum atomic E-state index is 13.7. The lowest BCUT2D eigenvalue weighted by atomic mass is 9.92. The molecule has 5 rings (SSSR count). The van der Waals surface area contributed by atoms with Crippen LogP contribution in [-0.2, 0) is 17.0 Å². The lowest BCUT2D eigenvalue weighted by Gasteiger charge is -2.36. The van der Waals surface area contributed by atoms with E-state index in [0.717, 1.165) is 39.0 Å². The normalized spacial score (nSPS) is 15.4. The van der Waals surface area contributed by atoms with E-state index in [1.165, 1.54) is 36.0 Å². The van der Waals surface area contributed by atoms with E-state index in [4.69, 9.17) is 4.74 Å². The lowest BCUT2D eigenvalue weighted by Crippen LogP contribution is -2.41. The minimum atomic E-state index is -0.332. The molecule has 0 aliphatic carbocycles. The zero-order valence-corrected chi connectivity index (χ0v) is 19.5. The third-order valence-electron chi connectivity index (χ3n) is 6.25. The summed E-state index contributed by atoms with van der Waals surface area (Å²) in [5.74, 6) is 1.14. The molecule has 0 unspecified atom stereocenters. The number of carbonyl (C=O) groups is 1. The molecule has 4 aromatic rings. The molecular formula is C27H24F2N2O2S. The van der Waals surface area contributed by atoms with Crippen molar-refractivity contribution in [1.29, 1.82) is 0 Å². The number of amides is 1.